The van der Waals surface area contributed by atoms with Crippen LogP contribution in [0.15, 0.2) is 12.2 Å². The molecule has 7 rings (SSSR count). The third kappa shape index (κ3) is 33.2. The van der Waals surface area contributed by atoms with Crippen LogP contribution in [-0.2, 0) is 95.1 Å². The van der Waals surface area contributed by atoms with Crippen molar-refractivity contribution < 1.29 is 202 Å². The Morgan fingerprint density at radius 2 is 0.744 bits per heavy atom. The maximum atomic E-state index is 13.9. The average Bonchev–Trinajstić information content (AvgIpc) is 0.736. The summed E-state index contributed by atoms with van der Waals surface area (Å²) in [4.78, 5) is 79.2. The lowest BCUT2D eigenvalue weighted by molar-refractivity contribution is -0.404. The van der Waals surface area contributed by atoms with Gasteiger partial charge in [0, 0.05) is 40.5 Å². The second kappa shape index (κ2) is 58.4. The van der Waals surface area contributed by atoms with Crippen LogP contribution >= 0.6 is 0 Å². The first-order valence-corrected chi connectivity index (χ1v) is 47.1. The fourth-order valence-electron chi connectivity index (χ4n) is 17.7. The molecular formula is C87H153N5O41. The van der Waals surface area contributed by atoms with E-state index in [1.807, 2.05) is 0 Å². The number of carboxylic acids is 1. The van der Waals surface area contributed by atoms with Crippen molar-refractivity contribution in [3.8, 4) is 0 Å². The summed E-state index contributed by atoms with van der Waals surface area (Å²) in [5.41, 5.74) is 0. The molecule has 0 aromatic rings. The Morgan fingerprint density at radius 1 is 0.391 bits per heavy atom. The predicted molar refractivity (Wildman–Crippen MR) is 458 cm³/mol. The molecule has 0 aromatic carbocycles. The first-order valence-electron chi connectivity index (χ1n) is 47.1. The molecule has 14 unspecified atom stereocenters. The molecule has 7 aliphatic heterocycles. The van der Waals surface area contributed by atoms with Crippen molar-refractivity contribution in [2.45, 2.75) is 447 Å². The zero-order valence-electron chi connectivity index (χ0n) is 76.8. The Bertz CT molecular complexity index is 3390. The molecule has 0 aliphatic carbocycles. The molecule has 0 spiro atoms. The van der Waals surface area contributed by atoms with E-state index in [9.17, 15) is 136 Å². The largest absolute Gasteiger partial charge is 0.477 e. The third-order valence-electron chi connectivity index (χ3n) is 25.1. The van der Waals surface area contributed by atoms with E-state index in [1.54, 1.807) is 6.08 Å². The van der Waals surface area contributed by atoms with Gasteiger partial charge in [-0.3, -0.25) is 24.0 Å². The number of carbonyl (C=O) groups excluding carboxylic acids is 5. The van der Waals surface area contributed by atoms with Crippen LogP contribution in [0.3, 0.4) is 0 Å². The van der Waals surface area contributed by atoms with Crippen LogP contribution in [0.4, 0.5) is 0 Å². The van der Waals surface area contributed by atoms with Crippen LogP contribution in [-0.4, -0.2) is 428 Å². The lowest BCUT2D eigenvalue weighted by Gasteiger charge is -2.53. The molecule has 26 N–H and O–H groups in total. The van der Waals surface area contributed by atoms with E-state index in [4.69, 9.17) is 66.3 Å². The number of nitrogens with one attached hydrogen (secondary N) is 5. The van der Waals surface area contributed by atoms with E-state index in [2.05, 4.69) is 40.4 Å². The molecule has 772 valence electrons. The number of aliphatic hydroxyl groups is 20. The van der Waals surface area contributed by atoms with E-state index in [1.165, 1.54) is 89.5 Å². The number of rotatable bonds is 58. The van der Waals surface area contributed by atoms with Crippen molar-refractivity contribution in [1.82, 2.24) is 26.6 Å². The monoisotopic (exact) mass is 1920 g/mol. The van der Waals surface area contributed by atoms with Gasteiger partial charge in [0.25, 0.3) is 5.79 Å². The molecule has 0 bridgehead atoms. The number of ether oxygens (including phenoxy) is 14. The molecule has 46 heteroatoms. The summed E-state index contributed by atoms with van der Waals surface area (Å²) in [7, 11) is 0. The highest BCUT2D eigenvalue weighted by molar-refractivity contribution is 5.77. The lowest BCUT2D eigenvalue weighted by atomic mass is 9.88. The number of allylic oxidation sites excluding steroid dienone is 1. The predicted octanol–water partition coefficient (Wildman–Crippen LogP) is -5.89. The van der Waals surface area contributed by atoms with Crippen LogP contribution in [0.1, 0.15) is 215 Å². The number of hydrogen-bond acceptors (Lipinski definition) is 40. The minimum Gasteiger partial charge on any atom is -0.477 e. The van der Waals surface area contributed by atoms with Crippen LogP contribution in [0.25, 0.3) is 0 Å². The van der Waals surface area contributed by atoms with Crippen LogP contribution in [0, 0.1) is 0 Å². The fraction of sp³-hybridized carbons (Fsp3) is 0.908. The maximum Gasteiger partial charge on any atom is 0.364 e. The Kier molecular flexibility index (Phi) is 50.6. The first-order chi connectivity index (χ1) is 63.5. The summed E-state index contributed by atoms with van der Waals surface area (Å²) in [6, 6.07) is -8.79. The summed E-state index contributed by atoms with van der Waals surface area (Å²) in [5.74, 6) is -9.80. The maximum absolute atomic E-state index is 13.9. The van der Waals surface area contributed by atoms with Crippen LogP contribution in [0.5, 0.6) is 0 Å². The normalized spacial score (nSPS) is 37.1. The number of aliphatic hydroxyl groups excluding tert-OH is 20. The highest BCUT2D eigenvalue weighted by Crippen LogP contribution is 2.43. The highest BCUT2D eigenvalue weighted by Gasteiger charge is 2.64. The van der Waals surface area contributed by atoms with Gasteiger partial charge in [0.2, 0.25) is 29.5 Å². The number of amides is 5. The standard InChI is InChI=1S/C87H153N5O41/c1-7-9-11-13-15-17-19-21-23-25-27-29-31-33-49(104)48(92-58(107)34-32-30-28-26-24-22-20-18-16-14-12-10-8-2)43-120-83-70(115)69(114)74(55(40-97)124-83)128-84-71(116)78(75(56(41-98)125-84)129-80-60(89-45(4)101)66(111)64(109)52(37-94)121-80)131-82-62(91-47(6)103)68(113)73(54(39-96)123-82)127-85-72(117)79(76(57(42-99)126-85)130-81-61(90-46(5)102)67(112)65(110)53(38-95)122-81)133-87(86(118)119)35-50(105)59(88-44(3)100)77(132-87)63(108)51(106)36-93/h31,33,48-57,59-85,93-99,104-106,108-117H,7-30,32,34-43H2,1-6H3,(H,88,100)(H,89,101)(H,90,102)(H,91,103)(H,92,107)(H,118,119)/b33-31+/t48-,49+,50?,51+,52?,53?,54?,55?,56?,57?,59+,60?,61?,62?,63+,64-,65-,66+,67+,68+,69+,70?,71?,72?,73+,74+,75-,76-,77?,78+,79+,80-,81-,82-,83+,84-,85-,87-/m0/s1. The van der Waals surface area contributed by atoms with E-state index in [0.717, 1.165) is 91.9 Å². The molecule has 7 fully saturated rings. The van der Waals surface area contributed by atoms with E-state index in [0.29, 0.717) is 12.8 Å². The van der Waals surface area contributed by atoms with Gasteiger partial charge in [0.15, 0.2) is 37.7 Å². The SMILES string of the molecule is CCCCCCCCCCCCC/C=C/[C@@H](O)[C@H](CO[C@@H]1OC(CO)[C@@H](O[C@@H]2OC(CO)[C@H](O[C@@H]3OC(CO)[C@H](O)[C@H](O)C3NC(C)=O)[C@H](O[C@@H]3OC(CO)[C@@H](O[C@@H]4OC(CO)[C@H](O[C@@H]5OC(CO)[C@H](O)[C@H](O)C5NC(C)=O)[C@H](O[C@]5(C(=O)O)CC(O)[C@@H](NC(C)=O)C([C@H](O)[C@H](O)CO)O5)C4O)[C@H](O)C3NC(C)=O)C2O)[C@H](O)C1O)NC(=O)CCCCCCCCCCCCCCC. The summed E-state index contributed by atoms with van der Waals surface area (Å²) >= 11 is 0. The smallest absolute Gasteiger partial charge is 0.364 e. The summed E-state index contributed by atoms with van der Waals surface area (Å²) in [6.45, 7) is -0.599. The number of carbonyl (C=O) groups is 6. The average molecular weight is 1930 g/mol. The van der Waals surface area contributed by atoms with E-state index < -0.39 is 327 Å². The van der Waals surface area contributed by atoms with Gasteiger partial charge in [-0.1, -0.05) is 167 Å². The number of carboxylic acid groups (broad SMARTS) is 1. The van der Waals surface area contributed by atoms with Gasteiger partial charge in [0.1, 0.15) is 165 Å². The molecule has 46 nitrogen and oxygen atoms in total. The summed E-state index contributed by atoms with van der Waals surface area (Å²) < 4.78 is 85.9. The van der Waals surface area contributed by atoms with Gasteiger partial charge < -0.3 is 200 Å². The molecular weight excluding hydrogens is 1770 g/mol. The van der Waals surface area contributed by atoms with Gasteiger partial charge in [-0.25, -0.2) is 4.79 Å². The minimum atomic E-state index is -3.46. The van der Waals surface area contributed by atoms with Crippen molar-refractivity contribution in [2.75, 3.05) is 52.9 Å². The molecule has 38 atom stereocenters. The lowest BCUT2D eigenvalue weighted by Crippen LogP contribution is -2.72. The molecule has 7 heterocycles. The Morgan fingerprint density at radius 3 is 1.17 bits per heavy atom. The van der Waals surface area contributed by atoms with Gasteiger partial charge >= 0.3 is 5.97 Å². The molecule has 0 radical (unpaired) electrons. The number of unbranched alkanes of at least 4 members (excludes halogenated alkanes) is 23. The topological polar surface area (TPSA) is 717 Å². The van der Waals surface area contributed by atoms with Gasteiger partial charge in [-0.2, -0.15) is 0 Å². The number of aliphatic carboxylic acids is 1. The molecule has 7 aliphatic rings. The van der Waals surface area contributed by atoms with Crippen molar-refractivity contribution >= 4 is 35.5 Å². The quantitative estimate of drug-likeness (QED) is 0.0199. The molecule has 7 saturated heterocycles. The van der Waals surface area contributed by atoms with Crippen molar-refractivity contribution in [3.05, 3.63) is 12.2 Å². The molecule has 133 heavy (non-hydrogen) atoms. The first kappa shape index (κ1) is 115. The molecule has 5 amide bonds. The third-order valence-corrected chi connectivity index (χ3v) is 25.1. The van der Waals surface area contributed by atoms with E-state index in [-0.39, 0.29) is 6.42 Å². The van der Waals surface area contributed by atoms with Gasteiger partial charge in [-0.05, 0) is 19.3 Å². The Labute approximate surface area is 773 Å². The van der Waals surface area contributed by atoms with Crippen LogP contribution < -0.4 is 26.6 Å². The minimum absolute atomic E-state index is 0.109. The van der Waals surface area contributed by atoms with Gasteiger partial charge in [-0.15, -0.1) is 0 Å². The Balaban J connectivity index is 1.18. The molecule has 0 saturated carbocycles. The number of hydrogen-bond donors (Lipinski definition) is 26. The second-order valence-electron chi connectivity index (χ2n) is 35.7. The zero-order chi connectivity index (χ0) is 97.9. The Hall–Kier alpha value is -4.80. The van der Waals surface area contributed by atoms with Gasteiger partial charge in [0.05, 0.1) is 77.1 Å². The highest BCUT2D eigenvalue weighted by atomic mass is 16.8. The molecule has 0 aromatic heterocycles. The van der Waals surface area contributed by atoms with Crippen molar-refractivity contribution in [3.63, 3.8) is 0 Å². The zero-order valence-corrected chi connectivity index (χ0v) is 76.8. The van der Waals surface area contributed by atoms with Crippen LogP contribution in [0.2, 0.25) is 0 Å². The summed E-state index contributed by atoms with van der Waals surface area (Å²) in [5, 5.41) is 252. The van der Waals surface area contributed by atoms with Crippen molar-refractivity contribution in [1.29, 1.82) is 0 Å². The second-order valence-corrected chi connectivity index (χ2v) is 35.7. The van der Waals surface area contributed by atoms with E-state index >= 15 is 0 Å². The van der Waals surface area contributed by atoms with Crippen molar-refractivity contribution in [2.24, 2.45) is 0 Å². The summed E-state index contributed by atoms with van der Waals surface area (Å²) in [6.07, 6.45) is -39.2. The fourth-order valence-corrected chi connectivity index (χ4v) is 17.7.